The minimum absolute atomic E-state index is 0. The number of piperidine rings is 1. The largest absolute Gasteiger partial charge is 0.462 e. The van der Waals surface area contributed by atoms with Gasteiger partial charge in [0, 0.05) is 12.1 Å². The highest BCUT2D eigenvalue weighted by Crippen LogP contribution is 2.35. The second-order valence-electron chi connectivity index (χ2n) is 6.24. The zero-order valence-corrected chi connectivity index (χ0v) is 13.6. The smallest absolute Gasteiger partial charge is 0.310 e. The Labute approximate surface area is 133 Å². The summed E-state index contributed by atoms with van der Waals surface area (Å²) in [5.74, 6) is -0.0757. The van der Waals surface area contributed by atoms with E-state index in [1.54, 1.807) is 0 Å². The average molecular weight is 310 g/mol. The first kappa shape index (κ1) is 16.3. The van der Waals surface area contributed by atoms with Crippen LogP contribution in [0.15, 0.2) is 24.3 Å². The Morgan fingerprint density at radius 1 is 1.24 bits per heavy atom. The summed E-state index contributed by atoms with van der Waals surface area (Å²) in [5, 5.41) is 0. The van der Waals surface area contributed by atoms with Gasteiger partial charge in [0.05, 0.1) is 6.42 Å². The first-order valence-corrected chi connectivity index (χ1v) is 7.59. The van der Waals surface area contributed by atoms with Gasteiger partial charge in [0.1, 0.15) is 6.10 Å². The Morgan fingerprint density at radius 3 is 2.48 bits per heavy atom. The fourth-order valence-corrected chi connectivity index (χ4v) is 3.65. The van der Waals surface area contributed by atoms with Crippen LogP contribution in [-0.2, 0) is 16.0 Å². The average Bonchev–Trinajstić information content (AvgIpc) is 2.63. The summed E-state index contributed by atoms with van der Waals surface area (Å²) >= 11 is 0. The summed E-state index contributed by atoms with van der Waals surface area (Å²) in [6, 6.07) is 9.26. The predicted octanol–water partition coefficient (Wildman–Crippen LogP) is 3.13. The van der Waals surface area contributed by atoms with Crippen molar-refractivity contribution in [1.29, 1.82) is 0 Å². The predicted molar refractivity (Wildman–Crippen MR) is 85.8 cm³/mol. The van der Waals surface area contributed by atoms with Crippen molar-refractivity contribution in [2.75, 3.05) is 7.05 Å². The van der Waals surface area contributed by atoms with E-state index in [1.807, 2.05) is 31.2 Å². The molecule has 2 aliphatic rings. The highest BCUT2D eigenvalue weighted by Gasteiger charge is 2.39. The lowest BCUT2D eigenvalue weighted by atomic mass is 10.0. The molecule has 0 amide bonds. The molecule has 3 rings (SSSR count). The molecule has 2 aliphatic heterocycles. The molecular weight excluding hydrogens is 286 g/mol. The number of benzene rings is 1. The van der Waals surface area contributed by atoms with Gasteiger partial charge in [0.2, 0.25) is 0 Å². The molecule has 4 heteroatoms. The second-order valence-corrected chi connectivity index (χ2v) is 6.24. The molecule has 0 aromatic heterocycles. The monoisotopic (exact) mass is 309 g/mol. The Kier molecular flexibility index (Phi) is 5.28. The van der Waals surface area contributed by atoms with Crippen LogP contribution in [0.1, 0.15) is 36.8 Å². The third-order valence-corrected chi connectivity index (χ3v) is 4.95. The lowest BCUT2D eigenvalue weighted by molar-refractivity contribution is -0.151. The lowest BCUT2D eigenvalue weighted by Crippen LogP contribution is -2.43. The fourth-order valence-electron chi connectivity index (χ4n) is 3.65. The van der Waals surface area contributed by atoms with E-state index in [2.05, 4.69) is 11.9 Å². The molecule has 0 saturated carbocycles. The quantitative estimate of drug-likeness (QED) is 0.803. The van der Waals surface area contributed by atoms with Crippen LogP contribution in [-0.4, -0.2) is 36.1 Å². The maximum Gasteiger partial charge on any atom is 0.310 e. The minimum atomic E-state index is -0.0757. The van der Waals surface area contributed by atoms with Gasteiger partial charge in [-0.1, -0.05) is 24.3 Å². The summed E-state index contributed by atoms with van der Waals surface area (Å²) in [6.07, 6.45) is 5.05. The van der Waals surface area contributed by atoms with Crippen molar-refractivity contribution in [3.05, 3.63) is 35.4 Å². The van der Waals surface area contributed by atoms with Gasteiger partial charge in [-0.3, -0.25) is 4.79 Å². The number of halogens is 1. The van der Waals surface area contributed by atoms with Crippen LogP contribution < -0.4 is 0 Å². The topological polar surface area (TPSA) is 29.5 Å². The molecule has 2 saturated heterocycles. The van der Waals surface area contributed by atoms with Gasteiger partial charge >= 0.3 is 5.97 Å². The fraction of sp³-hybridized carbons (Fsp3) is 0.588. The van der Waals surface area contributed by atoms with E-state index in [1.165, 1.54) is 12.8 Å². The third-order valence-electron chi connectivity index (χ3n) is 4.95. The van der Waals surface area contributed by atoms with E-state index in [4.69, 9.17) is 4.74 Å². The molecule has 2 fully saturated rings. The number of ether oxygens (including phenoxy) is 1. The molecule has 116 valence electrons. The highest BCUT2D eigenvalue weighted by atomic mass is 35.5. The third kappa shape index (κ3) is 3.58. The molecule has 2 bridgehead atoms. The zero-order chi connectivity index (χ0) is 14.1. The Bertz CT molecular complexity index is 491. The molecule has 2 atom stereocenters. The number of hydrogen-bond donors (Lipinski definition) is 0. The number of rotatable bonds is 3. The van der Waals surface area contributed by atoms with Gasteiger partial charge in [0.15, 0.2) is 0 Å². The number of aryl methyl sites for hydroxylation is 1. The summed E-state index contributed by atoms with van der Waals surface area (Å²) < 4.78 is 5.71. The maximum absolute atomic E-state index is 12.1. The molecule has 0 spiro atoms. The van der Waals surface area contributed by atoms with Gasteiger partial charge in [-0.05, 0) is 50.8 Å². The van der Waals surface area contributed by atoms with E-state index in [0.717, 1.165) is 24.0 Å². The van der Waals surface area contributed by atoms with Crippen molar-refractivity contribution in [2.45, 2.75) is 57.2 Å². The highest BCUT2D eigenvalue weighted by molar-refractivity contribution is 5.85. The van der Waals surface area contributed by atoms with Crippen molar-refractivity contribution < 1.29 is 9.53 Å². The van der Waals surface area contributed by atoms with E-state index < -0.39 is 0 Å². The molecule has 0 radical (unpaired) electrons. The molecule has 3 nitrogen and oxygen atoms in total. The number of fused-ring (bicyclic) bond motifs is 2. The Hall–Kier alpha value is -1.06. The number of esters is 1. The summed E-state index contributed by atoms with van der Waals surface area (Å²) in [6.45, 7) is 2.04. The minimum Gasteiger partial charge on any atom is -0.462 e. The van der Waals surface area contributed by atoms with Crippen LogP contribution in [0, 0.1) is 6.92 Å². The Balaban J connectivity index is 0.00000161. The van der Waals surface area contributed by atoms with E-state index >= 15 is 0 Å². The molecule has 21 heavy (non-hydrogen) atoms. The standard InChI is InChI=1S/C17H23NO2.ClH/c1-12-5-3-4-6-13(12)9-17(19)20-16-10-14-7-8-15(11-16)18(14)2;/h3-6,14-16H,7-11H2,1-2H3;1H. The van der Waals surface area contributed by atoms with Gasteiger partial charge < -0.3 is 9.64 Å². The zero-order valence-electron chi connectivity index (χ0n) is 12.7. The number of carbonyl (C=O) groups excluding carboxylic acids is 1. The van der Waals surface area contributed by atoms with Crippen LogP contribution in [0.25, 0.3) is 0 Å². The lowest BCUT2D eigenvalue weighted by Gasteiger charge is -2.35. The SMILES string of the molecule is Cc1ccccc1CC(=O)OC1CC2CCC(C1)N2C.Cl. The number of hydrogen-bond acceptors (Lipinski definition) is 3. The normalized spacial score (nSPS) is 28.0. The molecule has 1 aromatic carbocycles. The van der Waals surface area contributed by atoms with Crippen LogP contribution in [0.4, 0.5) is 0 Å². The van der Waals surface area contributed by atoms with Crippen molar-refractivity contribution in [2.24, 2.45) is 0 Å². The maximum atomic E-state index is 12.1. The van der Waals surface area contributed by atoms with E-state index in [-0.39, 0.29) is 24.5 Å². The van der Waals surface area contributed by atoms with Gasteiger partial charge in [-0.25, -0.2) is 0 Å². The first-order valence-electron chi connectivity index (χ1n) is 7.59. The van der Waals surface area contributed by atoms with Crippen molar-refractivity contribution in [1.82, 2.24) is 4.90 Å². The molecule has 2 heterocycles. The molecular formula is C17H24ClNO2. The van der Waals surface area contributed by atoms with Crippen LogP contribution in [0.5, 0.6) is 0 Å². The Morgan fingerprint density at radius 2 is 1.86 bits per heavy atom. The molecule has 2 unspecified atom stereocenters. The summed E-state index contributed by atoms with van der Waals surface area (Å²) in [4.78, 5) is 14.6. The van der Waals surface area contributed by atoms with Crippen molar-refractivity contribution in [3.63, 3.8) is 0 Å². The number of carbonyl (C=O) groups is 1. The van der Waals surface area contributed by atoms with Crippen LogP contribution in [0.3, 0.4) is 0 Å². The molecule has 0 N–H and O–H groups in total. The van der Waals surface area contributed by atoms with Crippen LogP contribution in [0.2, 0.25) is 0 Å². The van der Waals surface area contributed by atoms with E-state index in [0.29, 0.717) is 18.5 Å². The molecule has 1 aromatic rings. The van der Waals surface area contributed by atoms with E-state index in [9.17, 15) is 4.79 Å². The summed E-state index contributed by atoms with van der Waals surface area (Å²) in [5.41, 5.74) is 2.24. The van der Waals surface area contributed by atoms with Gasteiger partial charge in [-0.2, -0.15) is 0 Å². The first-order chi connectivity index (χ1) is 9.63. The van der Waals surface area contributed by atoms with Crippen LogP contribution >= 0.6 is 12.4 Å². The molecule has 0 aliphatic carbocycles. The van der Waals surface area contributed by atoms with Gasteiger partial charge in [0.25, 0.3) is 0 Å². The summed E-state index contributed by atoms with van der Waals surface area (Å²) in [7, 11) is 2.20. The van der Waals surface area contributed by atoms with Gasteiger partial charge in [-0.15, -0.1) is 12.4 Å². The van der Waals surface area contributed by atoms with Crippen molar-refractivity contribution >= 4 is 18.4 Å². The van der Waals surface area contributed by atoms with Crippen molar-refractivity contribution in [3.8, 4) is 0 Å². The number of nitrogens with zero attached hydrogens (tertiary/aromatic N) is 1. The second kappa shape index (κ2) is 6.80.